The first-order chi connectivity index (χ1) is 13.1. The van der Waals surface area contributed by atoms with Gasteiger partial charge in [-0.1, -0.05) is 73.9 Å². The van der Waals surface area contributed by atoms with E-state index in [1.807, 2.05) is 12.1 Å². The largest absolute Gasteiger partial charge is 0.539 e. The van der Waals surface area contributed by atoms with Crippen LogP contribution in [0.4, 0.5) is 0 Å². The number of hydrogen-bond acceptors (Lipinski definition) is 3. The van der Waals surface area contributed by atoms with Crippen molar-refractivity contribution >= 4 is 28.2 Å². The molecule has 168 valence electrons. The summed E-state index contributed by atoms with van der Waals surface area (Å²) in [5.41, 5.74) is 2.41. The van der Waals surface area contributed by atoms with Crippen molar-refractivity contribution in [1.29, 1.82) is 0 Å². The first-order valence-corrected chi connectivity index (χ1v) is 16.2. The van der Waals surface area contributed by atoms with Crippen LogP contribution in [0, 0.1) is 0 Å². The molecular formula is C23H43ClO3Si2. The summed E-state index contributed by atoms with van der Waals surface area (Å²) >= 11 is 6.75. The van der Waals surface area contributed by atoms with Crippen molar-refractivity contribution in [2.75, 3.05) is 7.11 Å². The third-order valence-corrected chi connectivity index (χ3v) is 17.4. The molecule has 0 radical (unpaired) electrons. The lowest BCUT2D eigenvalue weighted by Gasteiger charge is -2.42. The van der Waals surface area contributed by atoms with Gasteiger partial charge in [-0.05, 0) is 52.5 Å². The van der Waals surface area contributed by atoms with Crippen LogP contribution in [0.1, 0.15) is 67.9 Å². The van der Waals surface area contributed by atoms with Crippen LogP contribution < -0.4 is 9.16 Å². The summed E-state index contributed by atoms with van der Waals surface area (Å²) in [6.07, 6.45) is 0. The summed E-state index contributed by atoms with van der Waals surface area (Å²) in [6, 6.07) is 4.00. The topological polar surface area (TPSA) is 27.7 Å². The van der Waals surface area contributed by atoms with Gasteiger partial charge < -0.3 is 13.6 Å². The number of hydrogen-bond donors (Lipinski definition) is 0. The molecule has 3 nitrogen and oxygen atoms in total. The van der Waals surface area contributed by atoms with Gasteiger partial charge in [0.05, 0.1) is 18.7 Å². The van der Waals surface area contributed by atoms with Gasteiger partial charge in [0.15, 0.2) is 19.8 Å². The lowest BCUT2D eigenvalue weighted by atomic mass is 10.2. The zero-order chi connectivity index (χ0) is 22.8. The molecule has 0 bridgehead atoms. The lowest BCUT2D eigenvalue weighted by Crippen LogP contribution is -2.50. The Labute approximate surface area is 186 Å². The number of halogens is 1. The monoisotopic (exact) mass is 458 g/mol. The molecule has 1 rings (SSSR count). The normalized spacial score (nSPS) is 13.5. The third kappa shape index (κ3) is 5.81. The van der Waals surface area contributed by atoms with E-state index in [-0.39, 0.29) is 5.04 Å². The van der Waals surface area contributed by atoms with E-state index in [2.05, 4.69) is 75.4 Å². The molecule has 0 amide bonds. The van der Waals surface area contributed by atoms with Gasteiger partial charge in [0.1, 0.15) is 0 Å². The van der Waals surface area contributed by atoms with Crippen LogP contribution in [0.5, 0.6) is 11.5 Å². The van der Waals surface area contributed by atoms with Gasteiger partial charge >= 0.3 is 0 Å². The Balaban J connectivity index is 3.29. The Morgan fingerprint density at radius 2 is 1.41 bits per heavy atom. The van der Waals surface area contributed by atoms with Gasteiger partial charge in [0.25, 0.3) is 8.32 Å². The second-order valence-electron chi connectivity index (χ2n) is 10.6. The highest BCUT2D eigenvalue weighted by Gasteiger charge is 2.47. The van der Waals surface area contributed by atoms with Gasteiger partial charge in [0, 0.05) is 0 Å². The van der Waals surface area contributed by atoms with E-state index < -0.39 is 16.6 Å². The van der Waals surface area contributed by atoms with E-state index in [0.29, 0.717) is 39.8 Å². The van der Waals surface area contributed by atoms with Gasteiger partial charge in [-0.2, -0.15) is 0 Å². The van der Waals surface area contributed by atoms with Crippen molar-refractivity contribution in [2.24, 2.45) is 0 Å². The lowest BCUT2D eigenvalue weighted by molar-refractivity contribution is 0.275. The van der Waals surface area contributed by atoms with E-state index in [1.54, 1.807) is 7.11 Å². The zero-order valence-corrected chi connectivity index (χ0v) is 23.5. The van der Waals surface area contributed by atoms with E-state index in [1.165, 1.54) is 0 Å². The average Bonchev–Trinajstić information content (AvgIpc) is 2.56. The summed E-state index contributed by atoms with van der Waals surface area (Å²) in [7, 11) is -2.28. The minimum absolute atomic E-state index is 0.168. The fourth-order valence-electron chi connectivity index (χ4n) is 3.97. The van der Waals surface area contributed by atoms with Crippen LogP contribution in [0.25, 0.3) is 0 Å². The van der Waals surface area contributed by atoms with Gasteiger partial charge in [0.2, 0.25) is 0 Å². The van der Waals surface area contributed by atoms with E-state index in [0.717, 1.165) is 5.56 Å². The molecule has 0 spiro atoms. The summed E-state index contributed by atoms with van der Waals surface area (Å²) in [5.74, 6) is 1.39. The average molecular weight is 459 g/mol. The molecule has 1 aromatic carbocycles. The van der Waals surface area contributed by atoms with Crippen molar-refractivity contribution in [1.82, 2.24) is 0 Å². The summed E-state index contributed by atoms with van der Waals surface area (Å²) < 4.78 is 18.9. The van der Waals surface area contributed by atoms with Crippen molar-refractivity contribution < 1.29 is 13.6 Å². The van der Waals surface area contributed by atoms with E-state index >= 15 is 0 Å². The first-order valence-electron chi connectivity index (χ1n) is 10.8. The maximum absolute atomic E-state index is 6.84. The summed E-state index contributed by atoms with van der Waals surface area (Å²) in [5, 5.41) is 0.776. The SMILES string of the molecule is COc1cc(CO[Si](C)(C)C(C)(C)C)cc(Cl)c1O[Si](C(C)C)(C(C)C)C(C)C. The molecule has 6 heteroatoms. The maximum Gasteiger partial charge on any atom is 0.258 e. The van der Waals surface area contributed by atoms with Gasteiger partial charge in [-0.25, -0.2) is 0 Å². The van der Waals surface area contributed by atoms with Crippen molar-refractivity contribution in [3.8, 4) is 11.5 Å². The highest BCUT2D eigenvalue weighted by molar-refractivity contribution is 6.78. The predicted octanol–water partition coefficient (Wildman–Crippen LogP) is 8.42. The van der Waals surface area contributed by atoms with Crippen LogP contribution in [0.2, 0.25) is 39.8 Å². The Hall–Kier alpha value is -0.496. The Kier molecular flexibility index (Phi) is 8.93. The Morgan fingerprint density at radius 1 is 0.931 bits per heavy atom. The standard InChI is InChI=1S/C23H43ClO3Si2/c1-16(2)29(17(3)4,18(5)6)27-22-20(24)13-19(14-21(22)25-10)15-26-28(11,12)23(7,8)9/h13-14,16-18H,15H2,1-12H3. The fraction of sp³-hybridized carbons (Fsp3) is 0.739. The number of benzene rings is 1. The molecule has 29 heavy (non-hydrogen) atoms. The minimum atomic E-state index is -2.13. The second kappa shape index (κ2) is 9.75. The van der Waals surface area contributed by atoms with Gasteiger partial charge in [-0.3, -0.25) is 0 Å². The molecule has 0 aliphatic rings. The van der Waals surface area contributed by atoms with Crippen molar-refractivity contribution in [3.05, 3.63) is 22.7 Å². The predicted molar refractivity (Wildman–Crippen MR) is 132 cm³/mol. The molecule has 0 saturated heterocycles. The van der Waals surface area contributed by atoms with Gasteiger partial charge in [-0.15, -0.1) is 0 Å². The quantitative estimate of drug-likeness (QED) is 0.347. The van der Waals surface area contributed by atoms with E-state index in [9.17, 15) is 0 Å². The molecule has 0 atom stereocenters. The molecular weight excluding hydrogens is 416 g/mol. The molecule has 0 N–H and O–H groups in total. The smallest absolute Gasteiger partial charge is 0.258 e. The number of rotatable bonds is 9. The molecule has 0 fully saturated rings. The van der Waals surface area contributed by atoms with Crippen molar-refractivity contribution in [2.45, 2.75) is 104 Å². The maximum atomic E-state index is 6.84. The molecule has 0 aromatic heterocycles. The fourth-order valence-corrected chi connectivity index (χ4v) is 10.5. The highest BCUT2D eigenvalue weighted by atomic mass is 35.5. The Bertz CT molecular complexity index is 658. The summed E-state index contributed by atoms with van der Waals surface area (Å²) in [6.45, 7) is 25.4. The van der Waals surface area contributed by atoms with Crippen molar-refractivity contribution in [3.63, 3.8) is 0 Å². The van der Waals surface area contributed by atoms with Crippen LogP contribution in [0.3, 0.4) is 0 Å². The van der Waals surface area contributed by atoms with Crippen LogP contribution in [-0.4, -0.2) is 23.7 Å². The second-order valence-corrected chi connectivity index (χ2v) is 21.2. The Morgan fingerprint density at radius 3 is 1.79 bits per heavy atom. The molecule has 0 heterocycles. The molecule has 1 aromatic rings. The summed E-state index contributed by atoms with van der Waals surface area (Å²) in [4.78, 5) is 0. The third-order valence-electron chi connectivity index (χ3n) is 6.68. The molecule has 0 aliphatic heterocycles. The van der Waals surface area contributed by atoms with Crippen LogP contribution >= 0.6 is 11.6 Å². The zero-order valence-electron chi connectivity index (χ0n) is 20.7. The van der Waals surface area contributed by atoms with Crippen LogP contribution in [0.15, 0.2) is 12.1 Å². The number of ether oxygens (including phenoxy) is 1. The molecule has 0 aliphatic carbocycles. The van der Waals surface area contributed by atoms with Crippen LogP contribution in [-0.2, 0) is 11.0 Å². The molecule has 0 unspecified atom stereocenters. The minimum Gasteiger partial charge on any atom is -0.539 e. The number of methoxy groups -OCH3 is 1. The molecule has 0 saturated carbocycles. The van der Waals surface area contributed by atoms with E-state index in [4.69, 9.17) is 25.2 Å². The highest BCUT2D eigenvalue weighted by Crippen LogP contribution is 2.47. The first kappa shape index (κ1) is 26.5.